The zero-order valence-electron chi connectivity index (χ0n) is 15.1. The summed E-state index contributed by atoms with van der Waals surface area (Å²) < 4.78 is 46.6. The van der Waals surface area contributed by atoms with E-state index in [4.69, 9.17) is 10.5 Å². The molecule has 4 rings (SSSR count). The number of carbonyl (C=O) groups is 1. The summed E-state index contributed by atoms with van der Waals surface area (Å²) >= 11 is 0. The van der Waals surface area contributed by atoms with Gasteiger partial charge in [0.2, 0.25) is 0 Å². The molecular weight excluding hydrogens is 389 g/mol. The van der Waals surface area contributed by atoms with E-state index in [0.717, 1.165) is 10.6 Å². The molecule has 0 atom stereocenters. The van der Waals surface area contributed by atoms with Crippen molar-refractivity contribution in [3.8, 4) is 11.4 Å². The van der Waals surface area contributed by atoms with Crippen LogP contribution < -0.4 is 16.0 Å². The normalized spacial score (nSPS) is 14.9. The van der Waals surface area contributed by atoms with Crippen LogP contribution in [0.25, 0.3) is 16.9 Å². The maximum Gasteiger partial charge on any atom is 0.433 e. The van der Waals surface area contributed by atoms with Crippen molar-refractivity contribution < 1.29 is 22.7 Å². The highest BCUT2D eigenvalue weighted by Crippen LogP contribution is 2.33. The molecule has 0 bridgehead atoms. The van der Waals surface area contributed by atoms with E-state index in [1.807, 2.05) is 4.90 Å². The predicted octanol–water partition coefficient (Wildman–Crippen LogP) is 2.74. The van der Waals surface area contributed by atoms with Crippen molar-refractivity contribution in [3.05, 3.63) is 42.1 Å². The number of halogens is 3. The van der Waals surface area contributed by atoms with Gasteiger partial charge in [-0.3, -0.25) is 0 Å². The Balaban J connectivity index is 1.84. The van der Waals surface area contributed by atoms with E-state index in [0.29, 0.717) is 43.4 Å². The van der Waals surface area contributed by atoms with Crippen molar-refractivity contribution in [1.29, 1.82) is 0 Å². The second kappa shape index (κ2) is 7.24. The van der Waals surface area contributed by atoms with Crippen LogP contribution in [0, 0.1) is 0 Å². The Morgan fingerprint density at radius 1 is 1.10 bits per heavy atom. The number of anilines is 2. The number of alkyl halides is 3. The molecule has 3 aromatic rings. The highest BCUT2D eigenvalue weighted by Gasteiger charge is 2.35. The number of benzene rings is 1. The van der Waals surface area contributed by atoms with E-state index in [1.165, 1.54) is 6.07 Å². The summed E-state index contributed by atoms with van der Waals surface area (Å²) in [5.74, 6) is 0.541. The lowest BCUT2D eigenvalue weighted by molar-refractivity contribution is -0.142. The Hall–Kier alpha value is -3.34. The number of primary amides is 1. The molecule has 0 spiro atoms. The maximum absolute atomic E-state index is 13.5. The summed E-state index contributed by atoms with van der Waals surface area (Å²) in [6, 6.07) is 8.00. The van der Waals surface area contributed by atoms with Crippen LogP contribution in [0.3, 0.4) is 0 Å². The van der Waals surface area contributed by atoms with Crippen LogP contribution in [0.15, 0.2) is 36.4 Å². The molecule has 1 fully saturated rings. The predicted molar refractivity (Wildman–Crippen MR) is 99.7 cm³/mol. The first kappa shape index (κ1) is 19.0. The third kappa shape index (κ3) is 3.81. The van der Waals surface area contributed by atoms with Crippen molar-refractivity contribution in [3.63, 3.8) is 0 Å². The molecule has 0 radical (unpaired) electrons. The molecular formula is C18H17F3N6O2. The molecule has 11 heteroatoms. The number of morpholine rings is 1. The van der Waals surface area contributed by atoms with Crippen molar-refractivity contribution in [1.82, 2.24) is 14.6 Å². The van der Waals surface area contributed by atoms with Crippen LogP contribution >= 0.6 is 0 Å². The Kier molecular flexibility index (Phi) is 4.74. The number of urea groups is 1. The number of hydrogen-bond acceptors (Lipinski definition) is 5. The molecule has 2 amide bonds. The van der Waals surface area contributed by atoms with Gasteiger partial charge in [0.05, 0.1) is 13.2 Å². The number of fused-ring (bicyclic) bond motifs is 1. The molecule has 3 heterocycles. The zero-order valence-corrected chi connectivity index (χ0v) is 15.1. The average Bonchev–Trinajstić information content (AvgIpc) is 3.12. The third-order valence-electron chi connectivity index (χ3n) is 4.50. The van der Waals surface area contributed by atoms with Crippen LogP contribution in [0.2, 0.25) is 0 Å². The molecule has 8 nitrogen and oxygen atoms in total. The summed E-state index contributed by atoms with van der Waals surface area (Å²) in [5, 5.41) is 6.56. The summed E-state index contributed by atoms with van der Waals surface area (Å²) in [6.45, 7) is 1.96. The van der Waals surface area contributed by atoms with Gasteiger partial charge in [0.25, 0.3) is 0 Å². The Labute approximate surface area is 163 Å². The molecule has 152 valence electrons. The zero-order chi connectivity index (χ0) is 20.6. The largest absolute Gasteiger partial charge is 0.433 e. The summed E-state index contributed by atoms with van der Waals surface area (Å²) in [6.07, 6.45) is -4.56. The van der Waals surface area contributed by atoms with E-state index in [1.54, 1.807) is 24.3 Å². The number of ether oxygens (including phenoxy) is 1. The van der Waals surface area contributed by atoms with Crippen LogP contribution in [-0.4, -0.2) is 46.9 Å². The molecule has 2 aromatic heterocycles. The number of aromatic nitrogens is 3. The van der Waals surface area contributed by atoms with Crippen LogP contribution in [-0.2, 0) is 10.9 Å². The van der Waals surface area contributed by atoms with Gasteiger partial charge in [-0.15, -0.1) is 5.10 Å². The van der Waals surface area contributed by atoms with Crippen molar-refractivity contribution in [2.75, 3.05) is 36.5 Å². The lowest BCUT2D eigenvalue weighted by Gasteiger charge is -2.28. The first-order valence-corrected chi connectivity index (χ1v) is 8.79. The molecule has 1 aromatic carbocycles. The quantitative estimate of drug-likeness (QED) is 0.697. The SMILES string of the molecule is NC(=O)Nc1ccc(-c2nc(N3CCOCC3)c3ccc(C(F)(F)F)n3n2)cc1. The van der Waals surface area contributed by atoms with Crippen molar-refractivity contribution in [2.24, 2.45) is 5.73 Å². The third-order valence-corrected chi connectivity index (χ3v) is 4.50. The van der Waals surface area contributed by atoms with Gasteiger partial charge in [0.1, 0.15) is 11.2 Å². The molecule has 0 aliphatic carbocycles. The molecule has 1 saturated heterocycles. The number of rotatable bonds is 3. The van der Waals surface area contributed by atoms with Gasteiger partial charge in [-0.1, -0.05) is 0 Å². The smallest absolute Gasteiger partial charge is 0.378 e. The first-order chi connectivity index (χ1) is 13.8. The molecule has 3 N–H and O–H groups in total. The number of amides is 2. The highest BCUT2D eigenvalue weighted by atomic mass is 19.4. The van der Waals surface area contributed by atoms with Gasteiger partial charge in [-0.25, -0.2) is 14.3 Å². The molecule has 0 unspecified atom stereocenters. The van der Waals surface area contributed by atoms with Crippen LogP contribution in [0.4, 0.5) is 29.5 Å². The fourth-order valence-electron chi connectivity index (χ4n) is 3.17. The van der Waals surface area contributed by atoms with E-state index < -0.39 is 17.9 Å². The maximum atomic E-state index is 13.5. The lowest BCUT2D eigenvalue weighted by Crippen LogP contribution is -2.37. The van der Waals surface area contributed by atoms with Gasteiger partial charge in [-0.05, 0) is 36.4 Å². The fourth-order valence-corrected chi connectivity index (χ4v) is 3.17. The molecule has 29 heavy (non-hydrogen) atoms. The number of nitrogens with zero attached hydrogens (tertiary/aromatic N) is 4. The number of nitrogens with one attached hydrogen (secondary N) is 1. The Morgan fingerprint density at radius 2 is 1.79 bits per heavy atom. The monoisotopic (exact) mass is 406 g/mol. The number of hydrogen-bond donors (Lipinski definition) is 2. The fraction of sp³-hybridized carbons (Fsp3) is 0.278. The molecule has 0 saturated carbocycles. The van der Waals surface area contributed by atoms with Gasteiger partial charge in [0.15, 0.2) is 11.6 Å². The summed E-state index contributed by atoms with van der Waals surface area (Å²) in [5.41, 5.74) is 5.43. The van der Waals surface area contributed by atoms with Gasteiger partial charge >= 0.3 is 12.2 Å². The summed E-state index contributed by atoms with van der Waals surface area (Å²) in [7, 11) is 0. The van der Waals surface area contributed by atoms with E-state index in [-0.39, 0.29) is 11.3 Å². The van der Waals surface area contributed by atoms with Crippen LogP contribution in [0.5, 0.6) is 0 Å². The minimum absolute atomic E-state index is 0.131. The molecule has 1 aliphatic heterocycles. The Morgan fingerprint density at radius 3 is 2.41 bits per heavy atom. The highest BCUT2D eigenvalue weighted by molar-refractivity contribution is 5.88. The Bertz CT molecular complexity index is 1040. The average molecular weight is 406 g/mol. The topological polar surface area (TPSA) is 97.8 Å². The van der Waals surface area contributed by atoms with Gasteiger partial charge in [0, 0.05) is 24.3 Å². The number of nitrogens with two attached hydrogens (primary N) is 1. The molecule has 1 aliphatic rings. The van der Waals surface area contributed by atoms with Crippen molar-refractivity contribution in [2.45, 2.75) is 6.18 Å². The number of carbonyl (C=O) groups excluding carboxylic acids is 1. The second-order valence-electron chi connectivity index (χ2n) is 6.44. The van der Waals surface area contributed by atoms with E-state index in [2.05, 4.69) is 15.4 Å². The van der Waals surface area contributed by atoms with E-state index in [9.17, 15) is 18.0 Å². The lowest BCUT2D eigenvalue weighted by atomic mass is 10.2. The van der Waals surface area contributed by atoms with Gasteiger partial charge in [-0.2, -0.15) is 13.2 Å². The minimum atomic E-state index is -4.56. The first-order valence-electron chi connectivity index (χ1n) is 8.79. The minimum Gasteiger partial charge on any atom is -0.378 e. The second-order valence-corrected chi connectivity index (χ2v) is 6.44. The van der Waals surface area contributed by atoms with Crippen LogP contribution in [0.1, 0.15) is 5.69 Å². The van der Waals surface area contributed by atoms with E-state index >= 15 is 0 Å². The summed E-state index contributed by atoms with van der Waals surface area (Å²) in [4.78, 5) is 17.4. The standard InChI is InChI=1S/C18H17F3N6O2/c19-18(20,21)14-6-5-13-16(26-7-9-29-10-8-26)24-15(25-27(13)14)11-1-3-12(4-2-11)23-17(22)28/h1-6H,7-10H2,(H3,22,23,28). The van der Waals surface area contributed by atoms with Gasteiger partial charge < -0.3 is 20.7 Å². The van der Waals surface area contributed by atoms with Crippen molar-refractivity contribution >= 4 is 23.1 Å².